The molecule has 2 heterocycles. The second-order valence-corrected chi connectivity index (χ2v) is 6.10. The Bertz CT molecular complexity index is 855. The Morgan fingerprint density at radius 2 is 1.92 bits per heavy atom. The monoisotopic (exact) mass is 359 g/mol. The van der Waals surface area contributed by atoms with E-state index in [1.54, 1.807) is 11.3 Å². The first-order chi connectivity index (χ1) is 12.1. The van der Waals surface area contributed by atoms with Crippen molar-refractivity contribution in [3.63, 3.8) is 0 Å². The summed E-state index contributed by atoms with van der Waals surface area (Å²) in [6.07, 6.45) is 1.98. The van der Waals surface area contributed by atoms with Gasteiger partial charge >= 0.3 is 5.69 Å². The summed E-state index contributed by atoms with van der Waals surface area (Å²) in [5, 5.41) is 19.3. The molecule has 0 fully saturated rings. The molecule has 0 radical (unpaired) electrons. The van der Waals surface area contributed by atoms with E-state index < -0.39 is 10.7 Å². The van der Waals surface area contributed by atoms with Crippen molar-refractivity contribution in [1.82, 2.24) is 9.97 Å². The van der Waals surface area contributed by atoms with Crippen molar-refractivity contribution in [1.29, 1.82) is 0 Å². The van der Waals surface area contributed by atoms with Gasteiger partial charge in [-0.3, -0.25) is 10.1 Å². The van der Waals surface area contributed by atoms with Gasteiger partial charge < -0.3 is 10.6 Å². The zero-order valence-electron chi connectivity index (χ0n) is 13.0. The zero-order valence-corrected chi connectivity index (χ0v) is 13.8. The first-order valence-electron chi connectivity index (χ1n) is 7.41. The molecule has 1 aromatic carbocycles. The molecule has 2 aromatic heterocycles. The second-order valence-electron chi connectivity index (χ2n) is 5.06. The van der Waals surface area contributed by atoms with E-state index in [1.165, 1.54) is 35.5 Å². The van der Waals surface area contributed by atoms with Crippen LogP contribution in [0.15, 0.2) is 48.1 Å². The largest absolute Gasteiger partial charge is 0.364 e. The number of rotatable bonds is 7. The molecule has 128 valence electrons. The van der Waals surface area contributed by atoms with E-state index in [0.717, 1.165) is 6.42 Å². The molecule has 3 rings (SSSR count). The van der Waals surface area contributed by atoms with Crippen LogP contribution >= 0.6 is 11.3 Å². The number of nitrogens with one attached hydrogen (secondary N) is 2. The predicted molar refractivity (Wildman–Crippen MR) is 94.9 cm³/mol. The molecule has 3 aromatic rings. The van der Waals surface area contributed by atoms with E-state index in [2.05, 4.69) is 20.6 Å². The average Bonchev–Trinajstić information content (AvgIpc) is 3.10. The van der Waals surface area contributed by atoms with Crippen molar-refractivity contribution < 1.29 is 9.31 Å². The Kier molecular flexibility index (Phi) is 5.14. The number of aromatic nitrogens is 2. The molecular weight excluding hydrogens is 345 g/mol. The summed E-state index contributed by atoms with van der Waals surface area (Å²) < 4.78 is 13.0. The smallest absolute Gasteiger partial charge is 0.353 e. The maximum atomic E-state index is 13.0. The fourth-order valence-corrected chi connectivity index (χ4v) is 2.91. The third-order valence-electron chi connectivity index (χ3n) is 3.36. The lowest BCUT2D eigenvalue weighted by Gasteiger charge is -2.09. The topological polar surface area (TPSA) is 93.0 Å². The number of thiophene rings is 1. The molecule has 0 saturated carbocycles. The molecule has 9 heteroatoms. The molecule has 0 aliphatic carbocycles. The lowest BCUT2D eigenvalue weighted by Crippen LogP contribution is -2.10. The normalized spacial score (nSPS) is 10.4. The van der Waals surface area contributed by atoms with Crippen LogP contribution in [0.5, 0.6) is 0 Å². The number of hydrogen-bond donors (Lipinski definition) is 2. The molecule has 0 bridgehead atoms. The van der Waals surface area contributed by atoms with Gasteiger partial charge in [-0.2, -0.15) is 0 Å². The molecule has 0 spiro atoms. The molecule has 7 nitrogen and oxygen atoms in total. The van der Waals surface area contributed by atoms with Gasteiger partial charge in [0.25, 0.3) is 0 Å². The summed E-state index contributed by atoms with van der Waals surface area (Å²) in [5.74, 6) is -0.204. The highest BCUT2D eigenvalue weighted by Crippen LogP contribution is 2.31. The Morgan fingerprint density at radius 3 is 2.60 bits per heavy atom. The van der Waals surface area contributed by atoms with Crippen LogP contribution in [0.4, 0.5) is 27.4 Å². The van der Waals surface area contributed by atoms with Gasteiger partial charge in [0.2, 0.25) is 11.6 Å². The number of anilines is 3. The third kappa shape index (κ3) is 4.27. The number of hydrogen-bond acceptors (Lipinski definition) is 7. The van der Waals surface area contributed by atoms with Gasteiger partial charge in [-0.05, 0) is 42.1 Å². The lowest BCUT2D eigenvalue weighted by molar-refractivity contribution is -0.383. The van der Waals surface area contributed by atoms with E-state index in [9.17, 15) is 14.5 Å². The zero-order chi connectivity index (χ0) is 17.6. The predicted octanol–water partition coefficient (Wildman–Crippen LogP) is 3.98. The summed E-state index contributed by atoms with van der Waals surface area (Å²) in [5.41, 5.74) is 0.241. The van der Waals surface area contributed by atoms with E-state index in [0.29, 0.717) is 12.2 Å². The minimum Gasteiger partial charge on any atom is -0.364 e. The van der Waals surface area contributed by atoms with E-state index in [4.69, 9.17) is 0 Å². The molecule has 0 aliphatic heterocycles. The van der Waals surface area contributed by atoms with Gasteiger partial charge in [0.1, 0.15) is 12.1 Å². The van der Waals surface area contributed by atoms with Gasteiger partial charge in [0.05, 0.1) is 4.92 Å². The maximum absolute atomic E-state index is 13.0. The Morgan fingerprint density at radius 1 is 1.16 bits per heavy atom. The molecule has 0 saturated heterocycles. The fraction of sp³-hybridized carbons (Fsp3) is 0.125. The van der Waals surface area contributed by atoms with Gasteiger partial charge in [-0.15, -0.1) is 11.3 Å². The third-order valence-corrected chi connectivity index (χ3v) is 4.29. The van der Waals surface area contributed by atoms with E-state index >= 15 is 0 Å². The van der Waals surface area contributed by atoms with Crippen molar-refractivity contribution in [3.8, 4) is 0 Å². The first kappa shape index (κ1) is 16.8. The molecule has 0 unspecified atom stereocenters. The Balaban J connectivity index is 1.78. The van der Waals surface area contributed by atoms with Crippen LogP contribution in [0.3, 0.4) is 0 Å². The molecule has 0 amide bonds. The van der Waals surface area contributed by atoms with Gasteiger partial charge in [-0.25, -0.2) is 14.4 Å². The Hall–Kier alpha value is -3.07. The standard InChI is InChI=1S/C16H14FN5O2S/c17-11-3-5-12(6-4-11)21-16-14(22(23)24)15(19-10-20-16)18-8-7-13-2-1-9-25-13/h1-6,9-10H,7-8H2,(H2,18,19,20,21). The molecule has 0 aliphatic rings. The van der Waals surface area contributed by atoms with Crippen LogP contribution in [0, 0.1) is 15.9 Å². The fourth-order valence-electron chi connectivity index (χ4n) is 2.20. The lowest BCUT2D eigenvalue weighted by atomic mass is 10.3. The molecule has 25 heavy (non-hydrogen) atoms. The summed E-state index contributed by atoms with van der Waals surface area (Å²) in [6, 6.07) is 9.43. The summed E-state index contributed by atoms with van der Waals surface area (Å²) >= 11 is 1.63. The number of halogens is 1. The minimum atomic E-state index is -0.542. The first-order valence-corrected chi connectivity index (χ1v) is 8.29. The van der Waals surface area contributed by atoms with Crippen molar-refractivity contribution in [2.75, 3.05) is 17.2 Å². The van der Waals surface area contributed by atoms with Gasteiger partial charge in [0, 0.05) is 17.1 Å². The van der Waals surface area contributed by atoms with E-state index in [-0.39, 0.29) is 17.3 Å². The molecule has 0 atom stereocenters. The van der Waals surface area contributed by atoms with Crippen molar-refractivity contribution in [3.05, 3.63) is 68.9 Å². The van der Waals surface area contributed by atoms with Crippen LogP contribution in [0.25, 0.3) is 0 Å². The average molecular weight is 359 g/mol. The number of benzene rings is 1. The van der Waals surface area contributed by atoms with Gasteiger partial charge in [-0.1, -0.05) is 6.07 Å². The second kappa shape index (κ2) is 7.67. The van der Waals surface area contributed by atoms with Crippen molar-refractivity contribution in [2.24, 2.45) is 0 Å². The SMILES string of the molecule is O=[N+]([O-])c1c(NCCc2cccs2)ncnc1Nc1ccc(F)cc1. The molecule has 2 N–H and O–H groups in total. The van der Waals surface area contributed by atoms with Crippen LogP contribution in [-0.2, 0) is 6.42 Å². The summed E-state index contributed by atoms with van der Waals surface area (Å²) in [7, 11) is 0. The van der Waals surface area contributed by atoms with E-state index in [1.807, 2.05) is 17.5 Å². The highest BCUT2D eigenvalue weighted by molar-refractivity contribution is 7.09. The maximum Gasteiger partial charge on any atom is 0.353 e. The summed E-state index contributed by atoms with van der Waals surface area (Å²) in [4.78, 5) is 20.0. The minimum absolute atomic E-state index is 0.0465. The number of nitrogens with zero attached hydrogens (tertiary/aromatic N) is 3. The number of nitro groups is 1. The summed E-state index contributed by atoms with van der Waals surface area (Å²) in [6.45, 7) is 0.508. The quantitative estimate of drug-likeness (QED) is 0.489. The Labute approximate surface area is 146 Å². The van der Waals surface area contributed by atoms with Gasteiger partial charge in [0.15, 0.2) is 0 Å². The van der Waals surface area contributed by atoms with Crippen LogP contribution < -0.4 is 10.6 Å². The van der Waals surface area contributed by atoms with Crippen LogP contribution in [-0.4, -0.2) is 21.4 Å². The molecular formula is C16H14FN5O2S. The highest BCUT2D eigenvalue weighted by atomic mass is 32.1. The van der Waals surface area contributed by atoms with Crippen LogP contribution in [0.1, 0.15) is 4.88 Å². The van der Waals surface area contributed by atoms with Crippen molar-refractivity contribution >= 4 is 34.3 Å². The van der Waals surface area contributed by atoms with Crippen LogP contribution in [0.2, 0.25) is 0 Å². The van der Waals surface area contributed by atoms with Crippen molar-refractivity contribution in [2.45, 2.75) is 6.42 Å². The highest BCUT2D eigenvalue weighted by Gasteiger charge is 2.23.